The van der Waals surface area contributed by atoms with Gasteiger partial charge < -0.3 is 29.5 Å². The van der Waals surface area contributed by atoms with E-state index in [1.807, 2.05) is 26.0 Å². The van der Waals surface area contributed by atoms with Gasteiger partial charge in [0.05, 0.1) is 26.1 Å². The number of carbonyl (C=O) groups excluding carboxylic acids is 2. The van der Waals surface area contributed by atoms with Crippen LogP contribution in [0.25, 0.3) is 0 Å². The number of aliphatic hydroxyl groups excluding tert-OH is 1. The Morgan fingerprint density at radius 2 is 1.73 bits per heavy atom. The number of ether oxygens (including phenoxy) is 3. The van der Waals surface area contributed by atoms with Gasteiger partial charge in [0.2, 0.25) is 5.91 Å². The number of rotatable bonds is 12. The van der Waals surface area contributed by atoms with Crippen molar-refractivity contribution in [3.05, 3.63) is 53.6 Å². The second-order valence-corrected chi connectivity index (χ2v) is 10.3. The van der Waals surface area contributed by atoms with Crippen LogP contribution in [0.1, 0.15) is 61.6 Å². The zero-order chi connectivity index (χ0) is 26.2. The van der Waals surface area contributed by atoms with Crippen LogP contribution in [0.5, 0.6) is 17.2 Å². The van der Waals surface area contributed by atoms with Crippen LogP contribution in [0.15, 0.2) is 42.5 Å². The number of ketones is 1. The molecule has 4 rings (SSSR count). The van der Waals surface area contributed by atoms with Gasteiger partial charge in [0.1, 0.15) is 37.7 Å². The van der Waals surface area contributed by atoms with E-state index in [0.29, 0.717) is 60.5 Å². The summed E-state index contributed by atoms with van der Waals surface area (Å²) in [4.78, 5) is 26.4. The molecule has 200 valence electrons. The third kappa shape index (κ3) is 7.69. The molecule has 0 aliphatic carbocycles. The van der Waals surface area contributed by atoms with E-state index >= 15 is 0 Å². The normalized spacial score (nSPS) is 16.9. The molecule has 2 aliphatic heterocycles. The van der Waals surface area contributed by atoms with Gasteiger partial charge in [-0.05, 0) is 47.9 Å². The summed E-state index contributed by atoms with van der Waals surface area (Å²) >= 11 is 0. The molecule has 0 aromatic heterocycles. The highest BCUT2D eigenvalue weighted by atomic mass is 16.6. The zero-order valence-electron chi connectivity index (χ0n) is 21.8. The van der Waals surface area contributed by atoms with Crippen LogP contribution < -0.4 is 24.4 Å². The fourth-order valence-corrected chi connectivity index (χ4v) is 4.87. The Labute approximate surface area is 218 Å². The summed E-state index contributed by atoms with van der Waals surface area (Å²) in [6.45, 7) is 7.95. The molecule has 8 heteroatoms. The Bertz CT molecular complexity index is 1050. The largest absolute Gasteiger partial charge is 0.493 e. The maximum atomic E-state index is 12.8. The first-order chi connectivity index (χ1) is 17.9. The number of likely N-dealkylation sites (tertiary alicyclic amines) is 1. The molecule has 0 radical (unpaired) electrons. The summed E-state index contributed by atoms with van der Waals surface area (Å²) < 4.78 is 17.0. The number of hydrogen-bond acceptors (Lipinski definition) is 6. The van der Waals surface area contributed by atoms with Gasteiger partial charge in [-0.2, -0.15) is 0 Å². The molecule has 0 spiro atoms. The summed E-state index contributed by atoms with van der Waals surface area (Å²) in [5.74, 6) is 2.15. The van der Waals surface area contributed by atoms with Crippen LogP contribution in [0, 0.1) is 5.92 Å². The SMILES string of the molecule is CC(C)CC(=O)c1ccc(OCCC(=O)NC(C[NH+]2CCCC2)C(O)c2ccc3c(c2)OCCO3)cc1. The highest BCUT2D eigenvalue weighted by Crippen LogP contribution is 2.33. The second kappa shape index (κ2) is 12.9. The summed E-state index contributed by atoms with van der Waals surface area (Å²) in [6.07, 6.45) is 2.12. The summed E-state index contributed by atoms with van der Waals surface area (Å²) in [7, 11) is 0. The smallest absolute Gasteiger partial charge is 0.223 e. The van der Waals surface area contributed by atoms with Gasteiger partial charge in [-0.1, -0.05) is 19.9 Å². The fourth-order valence-electron chi connectivity index (χ4n) is 4.87. The topological polar surface area (TPSA) is 98.5 Å². The van der Waals surface area contributed by atoms with E-state index in [4.69, 9.17) is 14.2 Å². The third-order valence-electron chi connectivity index (χ3n) is 6.82. The number of fused-ring (bicyclic) bond motifs is 1. The first-order valence-corrected chi connectivity index (χ1v) is 13.4. The monoisotopic (exact) mass is 511 g/mol. The summed E-state index contributed by atoms with van der Waals surface area (Å²) in [6, 6.07) is 12.1. The van der Waals surface area contributed by atoms with Crippen molar-refractivity contribution in [2.75, 3.05) is 39.5 Å². The number of aliphatic hydroxyl groups is 1. The number of Topliss-reactive ketones (excluding diaryl/α,β-unsaturated/α-hetero) is 1. The fraction of sp³-hybridized carbons (Fsp3) is 0.517. The number of nitrogens with one attached hydrogen (secondary N) is 2. The average Bonchev–Trinajstić information content (AvgIpc) is 3.41. The number of quaternary nitrogens is 1. The van der Waals surface area contributed by atoms with E-state index in [0.717, 1.165) is 25.9 Å². The van der Waals surface area contributed by atoms with Gasteiger partial charge in [0.25, 0.3) is 0 Å². The van der Waals surface area contributed by atoms with E-state index in [9.17, 15) is 14.7 Å². The molecule has 8 nitrogen and oxygen atoms in total. The zero-order valence-corrected chi connectivity index (χ0v) is 21.8. The second-order valence-electron chi connectivity index (χ2n) is 10.3. The van der Waals surface area contributed by atoms with Crippen molar-refractivity contribution in [1.29, 1.82) is 0 Å². The van der Waals surface area contributed by atoms with Crippen molar-refractivity contribution in [2.45, 2.75) is 51.7 Å². The van der Waals surface area contributed by atoms with E-state index in [1.165, 1.54) is 4.90 Å². The molecule has 1 amide bonds. The van der Waals surface area contributed by atoms with E-state index in [-0.39, 0.29) is 24.7 Å². The van der Waals surface area contributed by atoms with Gasteiger partial charge in [0.15, 0.2) is 17.3 Å². The number of amides is 1. The third-order valence-corrected chi connectivity index (χ3v) is 6.82. The molecule has 2 aromatic carbocycles. The van der Waals surface area contributed by atoms with Crippen LogP contribution in [0.4, 0.5) is 0 Å². The van der Waals surface area contributed by atoms with E-state index in [2.05, 4.69) is 5.32 Å². The van der Waals surface area contributed by atoms with Gasteiger partial charge >= 0.3 is 0 Å². The maximum absolute atomic E-state index is 12.8. The van der Waals surface area contributed by atoms with Gasteiger partial charge in [-0.3, -0.25) is 9.59 Å². The molecule has 2 unspecified atom stereocenters. The van der Waals surface area contributed by atoms with Gasteiger partial charge in [-0.15, -0.1) is 0 Å². The van der Waals surface area contributed by atoms with Crippen molar-refractivity contribution in [3.63, 3.8) is 0 Å². The summed E-state index contributed by atoms with van der Waals surface area (Å²) in [5, 5.41) is 14.3. The van der Waals surface area contributed by atoms with E-state index in [1.54, 1.807) is 30.3 Å². The lowest BCUT2D eigenvalue weighted by Crippen LogP contribution is -3.11. The van der Waals surface area contributed by atoms with Crippen LogP contribution in [-0.2, 0) is 4.79 Å². The van der Waals surface area contributed by atoms with Crippen molar-refractivity contribution in [3.8, 4) is 17.2 Å². The van der Waals surface area contributed by atoms with Gasteiger partial charge in [0, 0.05) is 24.8 Å². The van der Waals surface area contributed by atoms with Crippen LogP contribution in [0.3, 0.4) is 0 Å². The number of benzene rings is 2. The molecule has 2 aromatic rings. The highest BCUT2D eigenvalue weighted by molar-refractivity contribution is 5.96. The minimum atomic E-state index is -0.871. The molecule has 37 heavy (non-hydrogen) atoms. The number of carbonyl (C=O) groups is 2. The first kappa shape index (κ1) is 26.9. The molecule has 2 aliphatic rings. The highest BCUT2D eigenvalue weighted by Gasteiger charge is 2.30. The van der Waals surface area contributed by atoms with Crippen LogP contribution in [0.2, 0.25) is 0 Å². The van der Waals surface area contributed by atoms with Crippen molar-refractivity contribution in [2.24, 2.45) is 5.92 Å². The minimum Gasteiger partial charge on any atom is -0.493 e. The molecular weight excluding hydrogens is 472 g/mol. The lowest BCUT2D eigenvalue weighted by molar-refractivity contribution is -0.889. The average molecular weight is 512 g/mol. The lowest BCUT2D eigenvalue weighted by atomic mass is 10.0. The van der Waals surface area contributed by atoms with Crippen molar-refractivity contribution >= 4 is 11.7 Å². The Morgan fingerprint density at radius 1 is 1.03 bits per heavy atom. The Morgan fingerprint density at radius 3 is 2.43 bits per heavy atom. The first-order valence-electron chi connectivity index (χ1n) is 13.4. The minimum absolute atomic E-state index is 0.115. The molecule has 3 N–H and O–H groups in total. The van der Waals surface area contributed by atoms with E-state index < -0.39 is 12.1 Å². The van der Waals surface area contributed by atoms with Crippen LogP contribution in [-0.4, -0.2) is 62.3 Å². The maximum Gasteiger partial charge on any atom is 0.223 e. The Balaban J connectivity index is 1.32. The molecule has 2 heterocycles. The summed E-state index contributed by atoms with van der Waals surface area (Å²) in [5.41, 5.74) is 1.36. The standard InChI is InChI=1S/C29H38N2O6/c1-20(2)17-25(32)21-5-8-23(9-6-21)35-14-11-28(33)30-24(19-31-12-3-4-13-31)29(34)22-7-10-26-27(18-22)37-16-15-36-26/h5-10,18,20,24,29,34H,3-4,11-17,19H2,1-2H3,(H,30,33)/p+1. The Kier molecular flexibility index (Phi) is 9.41. The quantitative estimate of drug-likeness (QED) is 0.379. The van der Waals surface area contributed by atoms with Crippen molar-refractivity contribution < 1.29 is 33.8 Å². The molecule has 1 saturated heterocycles. The molecular formula is C29H39N2O6+. The van der Waals surface area contributed by atoms with Gasteiger partial charge in [-0.25, -0.2) is 0 Å². The van der Waals surface area contributed by atoms with Crippen molar-refractivity contribution in [1.82, 2.24) is 5.32 Å². The molecule has 1 fully saturated rings. The molecule has 0 saturated carbocycles. The predicted molar refractivity (Wildman–Crippen MR) is 139 cm³/mol. The number of hydrogen-bond donors (Lipinski definition) is 3. The molecule has 0 bridgehead atoms. The lowest BCUT2D eigenvalue weighted by Gasteiger charge is -2.27. The Hall–Kier alpha value is -3.10. The van der Waals surface area contributed by atoms with Crippen LogP contribution >= 0.6 is 0 Å². The molecule has 2 atom stereocenters. The predicted octanol–water partition coefficient (Wildman–Crippen LogP) is 2.35.